The summed E-state index contributed by atoms with van der Waals surface area (Å²) in [5.41, 5.74) is 2.25. The zero-order valence-corrected chi connectivity index (χ0v) is 23.2. The minimum absolute atomic E-state index is 0.0329. The molecule has 0 fully saturated rings. The molecule has 0 radical (unpaired) electrons. The van der Waals surface area contributed by atoms with Gasteiger partial charge in [0, 0.05) is 28.7 Å². The van der Waals surface area contributed by atoms with E-state index in [1.807, 2.05) is 26.0 Å². The van der Waals surface area contributed by atoms with Crippen molar-refractivity contribution in [3.05, 3.63) is 70.5 Å². The van der Waals surface area contributed by atoms with Gasteiger partial charge in [0.2, 0.25) is 5.78 Å². The molecule has 1 atom stereocenters. The first-order chi connectivity index (χ1) is 19.3. The molecule has 0 bridgehead atoms. The zero-order valence-electron chi connectivity index (χ0n) is 23.2. The lowest BCUT2D eigenvalue weighted by atomic mass is 9.84. The van der Waals surface area contributed by atoms with E-state index in [1.54, 1.807) is 43.5 Å². The number of methoxy groups -OCH3 is 4. The topological polar surface area (TPSA) is 98.8 Å². The van der Waals surface area contributed by atoms with Gasteiger partial charge in [0.1, 0.15) is 17.2 Å². The van der Waals surface area contributed by atoms with Crippen LogP contribution in [0.4, 0.5) is 0 Å². The first-order valence-electron chi connectivity index (χ1n) is 12.7. The quantitative estimate of drug-likeness (QED) is 0.204. The van der Waals surface area contributed by atoms with Gasteiger partial charge in [-0.1, -0.05) is 12.1 Å². The van der Waals surface area contributed by atoms with Crippen LogP contribution in [0.3, 0.4) is 0 Å². The van der Waals surface area contributed by atoms with Crippen LogP contribution >= 0.6 is 0 Å². The Morgan fingerprint density at radius 1 is 0.850 bits per heavy atom. The van der Waals surface area contributed by atoms with Crippen molar-refractivity contribution in [2.75, 3.05) is 28.4 Å². The summed E-state index contributed by atoms with van der Waals surface area (Å²) in [5, 5.41) is 0. The summed E-state index contributed by atoms with van der Waals surface area (Å²) in [7, 11) is 6.14. The summed E-state index contributed by atoms with van der Waals surface area (Å²) in [5.74, 6) is 2.04. The molecule has 2 aliphatic heterocycles. The van der Waals surface area contributed by atoms with E-state index >= 15 is 0 Å². The first-order valence-corrected chi connectivity index (χ1v) is 12.7. The Morgan fingerprint density at radius 2 is 1.55 bits per heavy atom. The Hall–Kier alpha value is -4.66. The second-order valence-electron chi connectivity index (χ2n) is 9.52. The van der Waals surface area contributed by atoms with Gasteiger partial charge >= 0.3 is 5.97 Å². The van der Waals surface area contributed by atoms with Gasteiger partial charge in [-0.15, -0.1) is 0 Å². The number of rotatable bonds is 8. The molecule has 3 aromatic carbocycles. The normalized spacial score (nSPS) is 16.7. The number of hydrogen-bond donors (Lipinski definition) is 0. The highest BCUT2D eigenvalue weighted by molar-refractivity contribution is 6.15. The molecule has 208 valence electrons. The second kappa shape index (κ2) is 10.8. The molecule has 0 aromatic heterocycles. The van der Waals surface area contributed by atoms with E-state index < -0.39 is 11.9 Å². The number of allylic oxidation sites excluding steroid dienone is 1. The van der Waals surface area contributed by atoms with Crippen molar-refractivity contribution in [3.8, 4) is 40.2 Å². The van der Waals surface area contributed by atoms with Crippen LogP contribution < -0.4 is 33.2 Å². The third-order valence-electron chi connectivity index (χ3n) is 6.76. The standard InChI is InChI=1S/C31H30O9/c1-16(2)38-30-18(8-7-9-22(30)34-3)20-14-27(32)39-21-11-10-19-29(33)26(40-31(19)28(20)21)13-17-12-24(36-5)25(37-6)15-23(17)35-4/h7-13,15-16,20H,14H2,1-6H3/b26-13-/t20-/m1/s1. The van der Waals surface area contributed by atoms with Crippen LogP contribution in [-0.4, -0.2) is 46.3 Å². The maximum Gasteiger partial charge on any atom is 0.312 e. The van der Waals surface area contributed by atoms with Crippen LogP contribution in [0.15, 0.2) is 48.2 Å². The van der Waals surface area contributed by atoms with Gasteiger partial charge in [-0.2, -0.15) is 0 Å². The molecular formula is C31H30O9. The minimum atomic E-state index is -0.502. The SMILES string of the molecule is COc1cc(OC)c(OC)cc1/C=C1\Oc2c(ccc3c2[C@@H](c2cccc(OC)c2OC(C)C)CC(=O)O3)C1=O. The molecule has 3 aromatic rings. The molecular weight excluding hydrogens is 516 g/mol. The molecule has 2 heterocycles. The maximum atomic E-state index is 13.5. The smallest absolute Gasteiger partial charge is 0.312 e. The average Bonchev–Trinajstić information content (AvgIpc) is 3.26. The summed E-state index contributed by atoms with van der Waals surface area (Å²) >= 11 is 0. The minimum Gasteiger partial charge on any atom is -0.496 e. The molecule has 0 unspecified atom stereocenters. The molecule has 9 nitrogen and oxygen atoms in total. The number of fused-ring (bicyclic) bond motifs is 3. The Bertz CT molecular complexity index is 1520. The van der Waals surface area contributed by atoms with Crippen LogP contribution in [0.25, 0.3) is 6.08 Å². The Labute approximate surface area is 232 Å². The predicted octanol–water partition coefficient (Wildman–Crippen LogP) is 5.57. The number of Topliss-reactive ketones (excluding diaryl/α,β-unsaturated/α-hetero) is 1. The van der Waals surface area contributed by atoms with Crippen LogP contribution in [0.1, 0.15) is 53.2 Å². The first kappa shape index (κ1) is 26.9. The lowest BCUT2D eigenvalue weighted by molar-refractivity contribution is -0.135. The van der Waals surface area contributed by atoms with Crippen LogP contribution in [0.5, 0.6) is 40.2 Å². The van der Waals surface area contributed by atoms with Gasteiger partial charge in [0.05, 0.1) is 46.5 Å². The summed E-state index contributed by atoms with van der Waals surface area (Å²) in [6, 6.07) is 12.1. The third kappa shape index (κ3) is 4.68. The van der Waals surface area contributed by atoms with E-state index in [9.17, 15) is 9.59 Å². The van der Waals surface area contributed by atoms with E-state index in [-0.39, 0.29) is 24.1 Å². The number of ketones is 1. The van der Waals surface area contributed by atoms with Gasteiger partial charge in [-0.3, -0.25) is 9.59 Å². The largest absolute Gasteiger partial charge is 0.496 e. The number of para-hydroxylation sites is 1. The third-order valence-corrected chi connectivity index (χ3v) is 6.76. The predicted molar refractivity (Wildman–Crippen MR) is 146 cm³/mol. The number of esters is 1. The average molecular weight is 547 g/mol. The van der Waals surface area contributed by atoms with Crippen LogP contribution in [0.2, 0.25) is 0 Å². The van der Waals surface area contributed by atoms with Gasteiger partial charge in [0.15, 0.2) is 28.8 Å². The molecule has 40 heavy (non-hydrogen) atoms. The second-order valence-corrected chi connectivity index (χ2v) is 9.52. The van der Waals surface area contributed by atoms with Gasteiger partial charge in [-0.25, -0.2) is 0 Å². The summed E-state index contributed by atoms with van der Waals surface area (Å²) in [4.78, 5) is 26.2. The van der Waals surface area contributed by atoms with E-state index in [4.69, 9.17) is 33.2 Å². The van der Waals surface area contributed by atoms with Crippen molar-refractivity contribution in [2.24, 2.45) is 0 Å². The summed E-state index contributed by atoms with van der Waals surface area (Å²) in [6.45, 7) is 3.83. The molecule has 0 amide bonds. The van der Waals surface area contributed by atoms with Gasteiger partial charge in [-0.05, 0) is 44.2 Å². The highest BCUT2D eigenvalue weighted by Crippen LogP contribution is 2.52. The molecule has 0 spiro atoms. The molecule has 0 saturated carbocycles. The lowest BCUT2D eigenvalue weighted by Gasteiger charge is -2.28. The van der Waals surface area contributed by atoms with Crippen LogP contribution in [0, 0.1) is 0 Å². The van der Waals surface area contributed by atoms with E-state index in [1.165, 1.54) is 21.3 Å². The fraction of sp³-hybridized carbons (Fsp3) is 0.290. The Kier molecular flexibility index (Phi) is 7.30. The molecule has 5 rings (SSSR count). The number of carbonyl (C=O) groups is 2. The molecule has 0 N–H and O–H groups in total. The van der Waals surface area contributed by atoms with E-state index in [2.05, 4.69) is 0 Å². The van der Waals surface area contributed by atoms with Gasteiger partial charge < -0.3 is 33.2 Å². The van der Waals surface area contributed by atoms with Crippen LogP contribution in [-0.2, 0) is 4.79 Å². The van der Waals surface area contributed by atoms with Crippen molar-refractivity contribution in [1.82, 2.24) is 0 Å². The van der Waals surface area contributed by atoms with Crippen molar-refractivity contribution >= 4 is 17.8 Å². The summed E-state index contributed by atoms with van der Waals surface area (Å²) in [6.07, 6.45) is 1.49. The number of benzene rings is 3. The Morgan fingerprint density at radius 3 is 2.23 bits per heavy atom. The van der Waals surface area contributed by atoms with E-state index in [0.717, 1.165) is 5.56 Å². The zero-order chi connectivity index (χ0) is 28.6. The van der Waals surface area contributed by atoms with Crippen molar-refractivity contribution in [2.45, 2.75) is 32.3 Å². The van der Waals surface area contributed by atoms with E-state index in [0.29, 0.717) is 56.9 Å². The number of hydrogen-bond acceptors (Lipinski definition) is 9. The number of carbonyl (C=O) groups excluding carboxylic acids is 2. The maximum absolute atomic E-state index is 13.5. The van der Waals surface area contributed by atoms with Crippen molar-refractivity contribution in [1.29, 1.82) is 0 Å². The lowest BCUT2D eigenvalue weighted by Crippen LogP contribution is -2.22. The molecule has 9 heteroatoms. The van der Waals surface area contributed by atoms with Gasteiger partial charge in [0.25, 0.3) is 0 Å². The van der Waals surface area contributed by atoms with Crippen molar-refractivity contribution < 1.29 is 42.7 Å². The Balaban J connectivity index is 1.64. The fourth-order valence-corrected chi connectivity index (χ4v) is 5.01. The van der Waals surface area contributed by atoms with Crippen molar-refractivity contribution in [3.63, 3.8) is 0 Å². The molecule has 0 aliphatic carbocycles. The fourth-order valence-electron chi connectivity index (χ4n) is 5.01. The molecule has 0 saturated heterocycles. The molecule has 2 aliphatic rings. The number of ether oxygens (including phenoxy) is 7. The highest BCUT2D eigenvalue weighted by Gasteiger charge is 2.40. The monoisotopic (exact) mass is 546 g/mol. The highest BCUT2D eigenvalue weighted by atomic mass is 16.5. The summed E-state index contributed by atoms with van der Waals surface area (Å²) < 4.78 is 39.9.